The largest absolute Gasteiger partial charge is 0.506 e. The molecule has 0 aliphatic heterocycles. The van der Waals surface area contributed by atoms with Crippen molar-refractivity contribution in [2.45, 2.75) is 64.7 Å². The number of phenols is 2. The van der Waals surface area contributed by atoms with E-state index in [4.69, 9.17) is 0 Å². The van der Waals surface area contributed by atoms with Crippen molar-refractivity contribution in [1.82, 2.24) is 30.0 Å². The van der Waals surface area contributed by atoms with Gasteiger partial charge in [-0.3, -0.25) is 4.79 Å². The second-order valence-corrected chi connectivity index (χ2v) is 11.5. The Bertz CT molecular complexity index is 1830. The molecule has 0 saturated carbocycles. The Morgan fingerprint density at radius 2 is 1.00 bits per heavy atom. The number of phenolic OH excluding ortho intramolecular Hbond substituents is 2. The molecule has 0 bridgehead atoms. The molecule has 0 amide bonds. The Labute approximate surface area is 260 Å². The number of rotatable bonds is 11. The topological polar surface area (TPSA) is 139 Å². The Balaban J connectivity index is 1.64. The summed E-state index contributed by atoms with van der Waals surface area (Å²) in [5, 5.41) is 52.2. The van der Waals surface area contributed by atoms with Gasteiger partial charge in [0.05, 0.1) is 0 Å². The Morgan fingerprint density at radius 1 is 0.644 bits per heavy atom. The van der Waals surface area contributed by atoms with Gasteiger partial charge in [0, 0.05) is 0 Å². The third-order valence-electron chi connectivity index (χ3n) is 8.56. The number of carboxylic acid groups (broad SMARTS) is 1. The third kappa shape index (κ3) is 5.16. The second kappa shape index (κ2) is 12.0. The van der Waals surface area contributed by atoms with Gasteiger partial charge in [0.25, 0.3) is 0 Å². The molecule has 0 atom stereocenters. The van der Waals surface area contributed by atoms with Gasteiger partial charge in [-0.25, -0.2) is 0 Å². The highest BCUT2D eigenvalue weighted by atomic mass is 16.4. The molecule has 230 valence electrons. The van der Waals surface area contributed by atoms with Gasteiger partial charge in [-0.05, 0) is 91.3 Å². The zero-order valence-corrected chi connectivity index (χ0v) is 25.6. The molecule has 6 aromatic rings. The van der Waals surface area contributed by atoms with Crippen LogP contribution >= 0.6 is 0 Å². The van der Waals surface area contributed by atoms with Crippen LogP contribution in [0.15, 0.2) is 72.8 Å². The lowest BCUT2D eigenvalue weighted by molar-refractivity contribution is -0.141. The number of benzene rings is 4. The number of carboxylic acids is 1. The molecule has 2 heterocycles. The number of fused-ring (bicyclic) bond motifs is 2. The van der Waals surface area contributed by atoms with Crippen LogP contribution in [-0.2, 0) is 23.1 Å². The summed E-state index contributed by atoms with van der Waals surface area (Å²) in [4.78, 5) is 16.4. The van der Waals surface area contributed by atoms with E-state index in [1.807, 2.05) is 48.5 Å². The molecule has 45 heavy (non-hydrogen) atoms. The maximum Gasteiger partial charge on any atom is 0.318 e. The van der Waals surface area contributed by atoms with Gasteiger partial charge >= 0.3 is 5.97 Å². The first kappa shape index (κ1) is 29.8. The van der Waals surface area contributed by atoms with Gasteiger partial charge in [-0.15, -0.1) is 30.0 Å². The van der Waals surface area contributed by atoms with Crippen molar-refractivity contribution >= 4 is 28.0 Å². The summed E-state index contributed by atoms with van der Waals surface area (Å²) in [6.45, 7) is 5.82. The lowest BCUT2D eigenvalue weighted by Crippen LogP contribution is -2.36. The van der Waals surface area contributed by atoms with E-state index in [0.717, 1.165) is 25.7 Å². The van der Waals surface area contributed by atoms with Crippen LogP contribution in [0.2, 0.25) is 0 Å². The van der Waals surface area contributed by atoms with Gasteiger partial charge in [0.15, 0.2) is 0 Å². The predicted octanol–water partition coefficient (Wildman–Crippen LogP) is 6.64. The quantitative estimate of drug-likeness (QED) is 0.150. The van der Waals surface area contributed by atoms with E-state index in [0.29, 0.717) is 68.5 Å². The zero-order valence-electron chi connectivity index (χ0n) is 25.6. The predicted molar refractivity (Wildman–Crippen MR) is 172 cm³/mol. The van der Waals surface area contributed by atoms with Crippen molar-refractivity contribution in [3.63, 3.8) is 0 Å². The van der Waals surface area contributed by atoms with E-state index in [2.05, 4.69) is 34.2 Å². The summed E-state index contributed by atoms with van der Waals surface area (Å²) in [5.74, 6) is -1.14. The van der Waals surface area contributed by atoms with Crippen LogP contribution in [0.3, 0.4) is 0 Å². The van der Waals surface area contributed by atoms with E-state index < -0.39 is 11.4 Å². The molecule has 0 spiro atoms. The summed E-state index contributed by atoms with van der Waals surface area (Å²) in [6, 6.07) is 21.3. The fourth-order valence-corrected chi connectivity index (χ4v) is 6.14. The molecule has 10 heteroatoms. The summed E-state index contributed by atoms with van der Waals surface area (Å²) in [6.07, 6.45) is 4.22. The lowest BCUT2D eigenvalue weighted by atomic mass is 9.71. The highest BCUT2D eigenvalue weighted by Gasteiger charge is 2.43. The average Bonchev–Trinajstić information content (AvgIpc) is 3.66. The average molecular weight is 605 g/mol. The van der Waals surface area contributed by atoms with E-state index >= 15 is 0 Å². The fraction of sp³-hybridized carbons (Fsp3) is 0.286. The van der Waals surface area contributed by atoms with Crippen LogP contribution in [0.4, 0.5) is 0 Å². The molecule has 2 aromatic heterocycles. The zero-order chi connectivity index (χ0) is 31.7. The Morgan fingerprint density at radius 3 is 1.31 bits per heavy atom. The minimum Gasteiger partial charge on any atom is -0.506 e. The first-order valence-corrected chi connectivity index (χ1v) is 15.4. The number of nitrogens with zero attached hydrogens (tertiary/aromatic N) is 6. The van der Waals surface area contributed by atoms with Crippen molar-refractivity contribution in [2.24, 2.45) is 0 Å². The van der Waals surface area contributed by atoms with Crippen molar-refractivity contribution in [1.29, 1.82) is 0 Å². The maximum absolute atomic E-state index is 13.6. The number of aromatic hydroxyl groups is 2. The van der Waals surface area contributed by atoms with Crippen LogP contribution in [0.5, 0.6) is 11.5 Å². The van der Waals surface area contributed by atoms with Crippen molar-refractivity contribution < 1.29 is 20.1 Å². The Hall–Kier alpha value is -5.25. The van der Waals surface area contributed by atoms with Crippen molar-refractivity contribution in [3.8, 4) is 22.9 Å². The smallest absolute Gasteiger partial charge is 0.318 e. The molecule has 3 N–H and O–H groups in total. The minimum atomic E-state index is -1.59. The molecule has 0 aliphatic carbocycles. The second-order valence-electron chi connectivity index (χ2n) is 11.5. The monoisotopic (exact) mass is 604 g/mol. The van der Waals surface area contributed by atoms with Gasteiger partial charge < -0.3 is 15.3 Å². The molecule has 0 unspecified atom stereocenters. The number of aromatic nitrogens is 6. The molecule has 0 fully saturated rings. The number of aliphatic carboxylic acids is 1. The summed E-state index contributed by atoms with van der Waals surface area (Å²) in [7, 11) is 0. The molecule has 6 rings (SSSR count). The van der Waals surface area contributed by atoms with Crippen LogP contribution in [0, 0.1) is 0 Å². The summed E-state index contributed by atoms with van der Waals surface area (Å²) >= 11 is 0. The summed E-state index contributed by atoms with van der Waals surface area (Å²) < 4.78 is 0. The SMILES string of the molecule is CCCCc1c(C(C)(C(=O)O)c2ccc(O)c(-n3nc4ccccc4n3)c2CCCC)ccc(O)c1-n1nc2ccccc2n1. The molecule has 0 saturated heterocycles. The maximum atomic E-state index is 13.6. The van der Waals surface area contributed by atoms with E-state index in [1.165, 1.54) is 21.7 Å². The van der Waals surface area contributed by atoms with Gasteiger partial charge in [0.1, 0.15) is 50.4 Å². The van der Waals surface area contributed by atoms with Crippen molar-refractivity contribution in [3.05, 3.63) is 95.1 Å². The molecule has 0 aliphatic rings. The highest BCUT2D eigenvalue weighted by molar-refractivity contribution is 5.88. The van der Waals surface area contributed by atoms with Crippen LogP contribution in [0.25, 0.3) is 33.4 Å². The normalized spacial score (nSPS) is 11.9. The first-order valence-electron chi connectivity index (χ1n) is 15.4. The Kier molecular flexibility index (Phi) is 7.97. The van der Waals surface area contributed by atoms with Crippen LogP contribution in [-0.4, -0.2) is 51.3 Å². The van der Waals surface area contributed by atoms with Crippen molar-refractivity contribution in [2.75, 3.05) is 0 Å². The molecule has 0 radical (unpaired) electrons. The highest BCUT2D eigenvalue weighted by Crippen LogP contribution is 2.44. The molecular weight excluding hydrogens is 568 g/mol. The third-order valence-corrected chi connectivity index (χ3v) is 8.56. The van der Waals surface area contributed by atoms with Crippen LogP contribution < -0.4 is 0 Å². The van der Waals surface area contributed by atoms with E-state index in [9.17, 15) is 20.1 Å². The summed E-state index contributed by atoms with van der Waals surface area (Å²) in [5.41, 5.74) is 4.12. The first-order chi connectivity index (χ1) is 21.8. The van der Waals surface area contributed by atoms with E-state index in [-0.39, 0.29) is 11.5 Å². The molecule has 4 aromatic carbocycles. The van der Waals surface area contributed by atoms with Gasteiger partial charge in [-0.1, -0.05) is 63.1 Å². The lowest BCUT2D eigenvalue weighted by Gasteiger charge is -2.32. The van der Waals surface area contributed by atoms with Gasteiger partial charge in [-0.2, -0.15) is 0 Å². The molecular formula is C35H36N6O4. The fourth-order valence-electron chi connectivity index (χ4n) is 6.14. The standard InChI is InChI=1S/C35H36N6O4/c1-4-6-12-22-24(18-20-30(42)32(22)40-36-26-14-8-9-15-27(26)37-40)35(3,34(44)45)25-19-21-31(43)33(23(25)13-7-5-2)41-38-28-16-10-11-17-29(28)39-41/h8-11,14-21,42-43H,4-7,12-13H2,1-3H3,(H,44,45). The molecule has 10 nitrogen and oxygen atoms in total. The van der Waals surface area contributed by atoms with Crippen LogP contribution in [0.1, 0.15) is 68.7 Å². The number of hydrogen-bond donors (Lipinski definition) is 3. The number of unbranched alkanes of at least 4 members (excludes halogenated alkanes) is 2. The van der Waals surface area contributed by atoms with Gasteiger partial charge in [0.2, 0.25) is 0 Å². The van der Waals surface area contributed by atoms with E-state index in [1.54, 1.807) is 19.1 Å². The number of carbonyl (C=O) groups is 1. The number of hydrogen-bond acceptors (Lipinski definition) is 7. The minimum absolute atomic E-state index is 0.0390.